The lowest BCUT2D eigenvalue weighted by Gasteiger charge is -2.21. The number of allylic oxidation sites excluding steroid dienone is 1. The molecule has 2 aliphatic carbocycles. The van der Waals surface area contributed by atoms with Crippen molar-refractivity contribution in [2.45, 2.75) is 31.7 Å². The van der Waals surface area contributed by atoms with Crippen LogP contribution in [0.15, 0.2) is 23.8 Å². The van der Waals surface area contributed by atoms with Crippen LogP contribution >= 0.6 is 0 Å². The maximum Gasteiger partial charge on any atom is 0.0991 e. The second-order valence-corrected chi connectivity index (χ2v) is 4.66. The second-order valence-electron chi connectivity index (χ2n) is 4.66. The molecule has 0 saturated carbocycles. The van der Waals surface area contributed by atoms with Crippen molar-refractivity contribution in [1.29, 1.82) is 5.26 Å². The van der Waals surface area contributed by atoms with E-state index in [9.17, 15) is 0 Å². The molecule has 0 aromatic heterocycles. The maximum atomic E-state index is 8.93. The molecule has 0 heterocycles. The SMILES string of the molecule is N#Cc1ccc2c(c1)C1=C(C2)C(N)CCC1. The fourth-order valence-corrected chi connectivity index (χ4v) is 2.89. The molecular weight excluding hydrogens is 196 g/mol. The van der Waals surface area contributed by atoms with E-state index in [-0.39, 0.29) is 6.04 Å². The van der Waals surface area contributed by atoms with Gasteiger partial charge in [0.1, 0.15) is 0 Å². The van der Waals surface area contributed by atoms with Crippen LogP contribution in [0, 0.1) is 11.3 Å². The number of nitrogens with two attached hydrogens (primary N) is 1. The Labute approximate surface area is 95.4 Å². The van der Waals surface area contributed by atoms with Crippen molar-refractivity contribution in [2.24, 2.45) is 5.73 Å². The molecule has 0 fully saturated rings. The summed E-state index contributed by atoms with van der Waals surface area (Å²) < 4.78 is 0. The van der Waals surface area contributed by atoms with Crippen LogP contribution in [0.4, 0.5) is 0 Å². The Balaban J connectivity index is 2.12. The van der Waals surface area contributed by atoms with Crippen molar-refractivity contribution in [1.82, 2.24) is 0 Å². The van der Waals surface area contributed by atoms with Crippen LogP contribution in [0.3, 0.4) is 0 Å². The summed E-state index contributed by atoms with van der Waals surface area (Å²) in [6.07, 6.45) is 4.41. The Kier molecular flexibility index (Phi) is 2.08. The smallest absolute Gasteiger partial charge is 0.0991 e. The van der Waals surface area contributed by atoms with E-state index in [1.807, 2.05) is 12.1 Å². The molecule has 1 aromatic rings. The van der Waals surface area contributed by atoms with E-state index in [2.05, 4.69) is 12.1 Å². The fraction of sp³-hybridized carbons (Fsp3) is 0.357. The van der Waals surface area contributed by atoms with Gasteiger partial charge in [0.15, 0.2) is 0 Å². The molecular formula is C14H14N2. The molecule has 3 rings (SSSR count). The van der Waals surface area contributed by atoms with E-state index < -0.39 is 0 Å². The highest BCUT2D eigenvalue weighted by Gasteiger charge is 2.28. The number of hydrogen-bond acceptors (Lipinski definition) is 2. The van der Waals surface area contributed by atoms with Gasteiger partial charge in [-0.05, 0) is 60.1 Å². The number of nitrogens with zero attached hydrogens (tertiary/aromatic N) is 1. The van der Waals surface area contributed by atoms with Crippen LogP contribution in [0.25, 0.3) is 5.57 Å². The number of benzene rings is 1. The fourth-order valence-electron chi connectivity index (χ4n) is 2.89. The Morgan fingerprint density at radius 1 is 1.38 bits per heavy atom. The summed E-state index contributed by atoms with van der Waals surface area (Å²) >= 11 is 0. The zero-order valence-electron chi connectivity index (χ0n) is 9.16. The Morgan fingerprint density at radius 2 is 2.25 bits per heavy atom. The molecule has 0 bridgehead atoms. The van der Waals surface area contributed by atoms with Gasteiger partial charge in [0.25, 0.3) is 0 Å². The molecule has 0 radical (unpaired) electrons. The van der Waals surface area contributed by atoms with Crippen molar-refractivity contribution in [3.63, 3.8) is 0 Å². The maximum absolute atomic E-state index is 8.93. The topological polar surface area (TPSA) is 49.8 Å². The summed E-state index contributed by atoms with van der Waals surface area (Å²) in [5.41, 5.74) is 12.4. The van der Waals surface area contributed by atoms with E-state index in [1.165, 1.54) is 28.7 Å². The Hall–Kier alpha value is -1.59. The zero-order valence-corrected chi connectivity index (χ0v) is 9.16. The third-order valence-electron chi connectivity index (χ3n) is 3.72. The molecule has 2 aliphatic rings. The van der Waals surface area contributed by atoms with Gasteiger partial charge in [0.2, 0.25) is 0 Å². The molecule has 0 aliphatic heterocycles. The second kappa shape index (κ2) is 3.47. The quantitative estimate of drug-likeness (QED) is 0.714. The van der Waals surface area contributed by atoms with Crippen LogP contribution in [0.2, 0.25) is 0 Å². The van der Waals surface area contributed by atoms with Gasteiger partial charge in [-0.25, -0.2) is 0 Å². The molecule has 16 heavy (non-hydrogen) atoms. The Morgan fingerprint density at radius 3 is 3.06 bits per heavy atom. The minimum Gasteiger partial charge on any atom is -0.324 e. The minimum atomic E-state index is 0.238. The number of nitriles is 1. The molecule has 0 amide bonds. The highest BCUT2D eigenvalue weighted by Crippen LogP contribution is 2.41. The third-order valence-corrected chi connectivity index (χ3v) is 3.72. The van der Waals surface area contributed by atoms with Gasteiger partial charge in [-0.1, -0.05) is 6.07 Å². The first-order valence-corrected chi connectivity index (χ1v) is 5.80. The summed E-state index contributed by atoms with van der Waals surface area (Å²) in [7, 11) is 0. The van der Waals surface area contributed by atoms with E-state index in [0.29, 0.717) is 0 Å². The number of rotatable bonds is 0. The van der Waals surface area contributed by atoms with Gasteiger partial charge in [-0.2, -0.15) is 5.26 Å². The van der Waals surface area contributed by atoms with Crippen molar-refractivity contribution in [3.8, 4) is 6.07 Å². The number of hydrogen-bond donors (Lipinski definition) is 1. The summed E-state index contributed by atoms with van der Waals surface area (Å²) in [5, 5.41) is 8.93. The lowest BCUT2D eigenvalue weighted by Crippen LogP contribution is -2.25. The average molecular weight is 210 g/mol. The van der Waals surface area contributed by atoms with Crippen LogP contribution < -0.4 is 5.73 Å². The molecule has 2 heteroatoms. The van der Waals surface area contributed by atoms with Crippen LogP contribution in [0.1, 0.15) is 36.0 Å². The molecule has 0 spiro atoms. The molecule has 1 atom stereocenters. The summed E-state index contributed by atoms with van der Waals surface area (Å²) in [6.45, 7) is 0. The van der Waals surface area contributed by atoms with Gasteiger partial charge in [0, 0.05) is 6.04 Å². The third kappa shape index (κ3) is 1.29. The van der Waals surface area contributed by atoms with E-state index in [0.717, 1.165) is 24.8 Å². The van der Waals surface area contributed by atoms with E-state index in [1.54, 1.807) is 0 Å². The van der Waals surface area contributed by atoms with Crippen LogP contribution in [-0.2, 0) is 6.42 Å². The minimum absolute atomic E-state index is 0.238. The van der Waals surface area contributed by atoms with Crippen LogP contribution in [0.5, 0.6) is 0 Å². The van der Waals surface area contributed by atoms with E-state index >= 15 is 0 Å². The summed E-state index contributed by atoms with van der Waals surface area (Å²) in [5.74, 6) is 0. The molecule has 1 aromatic carbocycles. The highest BCUT2D eigenvalue weighted by molar-refractivity contribution is 5.78. The van der Waals surface area contributed by atoms with Crippen molar-refractivity contribution in [3.05, 3.63) is 40.5 Å². The first-order valence-electron chi connectivity index (χ1n) is 5.80. The van der Waals surface area contributed by atoms with Gasteiger partial charge in [-0.3, -0.25) is 0 Å². The predicted octanol–water partition coefficient (Wildman–Crippen LogP) is 2.38. The molecule has 2 N–H and O–H groups in total. The normalized spacial score (nSPS) is 22.6. The van der Waals surface area contributed by atoms with Crippen LogP contribution in [-0.4, -0.2) is 6.04 Å². The zero-order chi connectivity index (χ0) is 11.1. The predicted molar refractivity (Wildman–Crippen MR) is 63.6 cm³/mol. The summed E-state index contributed by atoms with van der Waals surface area (Å²) in [6, 6.07) is 8.46. The molecule has 2 nitrogen and oxygen atoms in total. The monoisotopic (exact) mass is 210 g/mol. The molecule has 80 valence electrons. The van der Waals surface area contributed by atoms with Gasteiger partial charge < -0.3 is 5.73 Å². The van der Waals surface area contributed by atoms with E-state index in [4.69, 9.17) is 11.0 Å². The van der Waals surface area contributed by atoms with Crippen molar-refractivity contribution in [2.75, 3.05) is 0 Å². The first kappa shape index (κ1) is 9.62. The Bertz CT molecular complexity index is 520. The van der Waals surface area contributed by atoms with Crippen molar-refractivity contribution < 1.29 is 0 Å². The number of fused-ring (bicyclic) bond motifs is 2. The van der Waals surface area contributed by atoms with Gasteiger partial charge in [0.05, 0.1) is 11.6 Å². The van der Waals surface area contributed by atoms with Gasteiger partial charge >= 0.3 is 0 Å². The summed E-state index contributed by atoms with van der Waals surface area (Å²) in [4.78, 5) is 0. The first-order chi connectivity index (χ1) is 7.79. The standard InChI is InChI=1S/C14H14N2/c15-8-9-4-5-10-7-13-11(12(10)6-9)2-1-3-14(13)16/h4-6,14H,1-3,7,16H2. The average Bonchev–Trinajstić information content (AvgIpc) is 2.68. The van der Waals surface area contributed by atoms with Crippen molar-refractivity contribution >= 4 is 5.57 Å². The molecule has 1 unspecified atom stereocenters. The lowest BCUT2D eigenvalue weighted by atomic mass is 9.88. The molecule has 0 saturated heterocycles. The largest absolute Gasteiger partial charge is 0.324 e. The lowest BCUT2D eigenvalue weighted by molar-refractivity contribution is 0.620. The van der Waals surface area contributed by atoms with Gasteiger partial charge in [-0.15, -0.1) is 0 Å². The highest BCUT2D eigenvalue weighted by atomic mass is 14.6.